The maximum Gasteiger partial charge on any atom is 0.157 e. The minimum atomic E-state index is 0.648. The number of nitrogens with zero attached hydrogens (tertiary/aromatic N) is 5. The number of anilines is 1. The lowest BCUT2D eigenvalue weighted by molar-refractivity contribution is 1.06. The normalized spacial score (nSPS) is 10.9. The zero-order chi connectivity index (χ0) is 16.4. The van der Waals surface area contributed by atoms with Gasteiger partial charge in [0.05, 0.1) is 6.20 Å². The summed E-state index contributed by atoms with van der Waals surface area (Å²) in [6.45, 7) is 0.648. The van der Waals surface area contributed by atoms with Crippen LogP contribution in [-0.4, -0.2) is 24.3 Å². The van der Waals surface area contributed by atoms with Gasteiger partial charge in [0.1, 0.15) is 11.5 Å². The van der Waals surface area contributed by atoms with Crippen LogP contribution in [0.5, 0.6) is 0 Å². The summed E-state index contributed by atoms with van der Waals surface area (Å²) in [5.74, 6) is 0.893. The summed E-state index contributed by atoms with van der Waals surface area (Å²) < 4.78 is 2.93. The van der Waals surface area contributed by atoms with Gasteiger partial charge in [-0.25, -0.2) is 4.98 Å². The van der Waals surface area contributed by atoms with Crippen LogP contribution in [0.25, 0.3) is 16.9 Å². The van der Waals surface area contributed by atoms with Gasteiger partial charge in [-0.05, 0) is 33.6 Å². The van der Waals surface area contributed by atoms with Crippen molar-refractivity contribution >= 4 is 27.4 Å². The fourth-order valence-corrected chi connectivity index (χ4v) is 2.91. The van der Waals surface area contributed by atoms with Crippen LogP contribution in [0.2, 0.25) is 0 Å². The van der Waals surface area contributed by atoms with Gasteiger partial charge in [-0.2, -0.15) is 0 Å². The van der Waals surface area contributed by atoms with Crippen molar-refractivity contribution in [3.05, 3.63) is 71.6 Å². The average Bonchev–Trinajstić information content (AvgIpc) is 2.99. The van der Waals surface area contributed by atoms with E-state index in [4.69, 9.17) is 4.98 Å². The highest BCUT2D eigenvalue weighted by Gasteiger charge is 2.16. The molecule has 4 aromatic rings. The fourth-order valence-electron chi connectivity index (χ4n) is 2.50. The average molecular weight is 381 g/mol. The van der Waals surface area contributed by atoms with E-state index in [1.807, 2.05) is 35.0 Å². The Labute approximate surface area is 146 Å². The minimum absolute atomic E-state index is 0.648. The lowest BCUT2D eigenvalue weighted by atomic mass is 10.2. The SMILES string of the molecule is Brc1ccncc1-c1nc2cnccn2c1NCc1cccnc1. The molecule has 0 radical (unpaired) electrons. The number of halogens is 1. The Morgan fingerprint density at radius 2 is 1.88 bits per heavy atom. The van der Waals surface area contributed by atoms with Gasteiger partial charge in [-0.1, -0.05) is 6.07 Å². The number of nitrogens with one attached hydrogen (secondary N) is 1. The van der Waals surface area contributed by atoms with Crippen LogP contribution in [0.4, 0.5) is 5.82 Å². The monoisotopic (exact) mass is 380 g/mol. The van der Waals surface area contributed by atoms with Crippen LogP contribution in [-0.2, 0) is 6.54 Å². The van der Waals surface area contributed by atoms with E-state index in [1.165, 1.54) is 0 Å². The summed E-state index contributed by atoms with van der Waals surface area (Å²) in [6, 6.07) is 5.86. The standard InChI is InChI=1S/C17H13BrN6/c18-14-3-5-20-10-13(14)16-17(22-9-12-2-1-4-19-8-12)24-7-6-21-11-15(24)23-16/h1-8,10-11,22H,9H2. The van der Waals surface area contributed by atoms with Crippen molar-refractivity contribution in [1.29, 1.82) is 0 Å². The first-order valence-electron chi connectivity index (χ1n) is 7.37. The zero-order valence-electron chi connectivity index (χ0n) is 12.6. The Hall–Kier alpha value is -2.80. The third kappa shape index (κ3) is 2.74. The molecule has 0 aliphatic rings. The Balaban J connectivity index is 1.80. The smallest absolute Gasteiger partial charge is 0.157 e. The molecule has 6 nitrogen and oxygen atoms in total. The van der Waals surface area contributed by atoms with Gasteiger partial charge in [-0.3, -0.25) is 19.4 Å². The van der Waals surface area contributed by atoms with E-state index in [2.05, 4.69) is 36.2 Å². The molecule has 7 heteroatoms. The second-order valence-corrected chi connectivity index (χ2v) is 6.04. The maximum atomic E-state index is 4.71. The first-order valence-corrected chi connectivity index (χ1v) is 8.17. The summed E-state index contributed by atoms with van der Waals surface area (Å²) in [5.41, 5.74) is 3.62. The molecule has 0 aliphatic carbocycles. The molecule has 0 aliphatic heterocycles. The van der Waals surface area contributed by atoms with E-state index in [-0.39, 0.29) is 0 Å². The van der Waals surface area contributed by atoms with Gasteiger partial charge in [0.2, 0.25) is 0 Å². The number of fused-ring (bicyclic) bond motifs is 1. The fraction of sp³-hybridized carbons (Fsp3) is 0.0588. The first kappa shape index (κ1) is 14.8. The van der Waals surface area contributed by atoms with E-state index in [9.17, 15) is 0 Å². The molecule has 0 spiro atoms. The number of hydrogen-bond donors (Lipinski definition) is 1. The van der Waals surface area contributed by atoms with Crippen molar-refractivity contribution in [1.82, 2.24) is 24.3 Å². The van der Waals surface area contributed by atoms with Crippen molar-refractivity contribution in [2.75, 3.05) is 5.32 Å². The molecule has 0 amide bonds. The highest BCUT2D eigenvalue weighted by molar-refractivity contribution is 9.10. The molecule has 0 saturated heterocycles. The number of imidazole rings is 1. The number of hydrogen-bond acceptors (Lipinski definition) is 5. The number of rotatable bonds is 4. The van der Waals surface area contributed by atoms with Gasteiger partial charge >= 0.3 is 0 Å². The lowest BCUT2D eigenvalue weighted by Gasteiger charge is -2.09. The van der Waals surface area contributed by atoms with Crippen LogP contribution in [0, 0.1) is 0 Å². The molecule has 4 aromatic heterocycles. The highest BCUT2D eigenvalue weighted by Crippen LogP contribution is 2.33. The molecular formula is C17H13BrN6. The summed E-state index contributed by atoms with van der Waals surface area (Å²) in [4.78, 5) is 17.2. The van der Waals surface area contributed by atoms with Gasteiger partial charge in [0, 0.05) is 53.8 Å². The predicted octanol–water partition coefficient (Wildman–Crippen LogP) is 3.56. The largest absolute Gasteiger partial charge is 0.365 e. The van der Waals surface area contributed by atoms with Crippen molar-refractivity contribution in [3.8, 4) is 11.3 Å². The van der Waals surface area contributed by atoms with Gasteiger partial charge in [-0.15, -0.1) is 0 Å². The Morgan fingerprint density at radius 3 is 2.71 bits per heavy atom. The second-order valence-electron chi connectivity index (χ2n) is 5.18. The van der Waals surface area contributed by atoms with Crippen molar-refractivity contribution in [2.45, 2.75) is 6.54 Å². The van der Waals surface area contributed by atoms with Gasteiger partial charge in [0.25, 0.3) is 0 Å². The molecule has 118 valence electrons. The molecule has 1 N–H and O–H groups in total. The molecule has 4 rings (SSSR count). The molecular weight excluding hydrogens is 368 g/mol. The van der Waals surface area contributed by atoms with Crippen molar-refractivity contribution in [3.63, 3.8) is 0 Å². The zero-order valence-corrected chi connectivity index (χ0v) is 14.2. The molecule has 0 bridgehead atoms. The Kier molecular flexibility index (Phi) is 3.92. The molecule has 0 aromatic carbocycles. The third-order valence-corrected chi connectivity index (χ3v) is 4.33. The Morgan fingerprint density at radius 1 is 1.00 bits per heavy atom. The van der Waals surface area contributed by atoms with E-state index >= 15 is 0 Å². The van der Waals surface area contributed by atoms with Gasteiger partial charge < -0.3 is 5.32 Å². The minimum Gasteiger partial charge on any atom is -0.365 e. The summed E-state index contributed by atoms with van der Waals surface area (Å²) >= 11 is 3.58. The predicted molar refractivity (Wildman–Crippen MR) is 95.5 cm³/mol. The topological polar surface area (TPSA) is 68.0 Å². The molecule has 0 fully saturated rings. The first-order chi connectivity index (χ1) is 11.8. The van der Waals surface area contributed by atoms with Crippen molar-refractivity contribution in [2.24, 2.45) is 0 Å². The van der Waals surface area contributed by atoms with Crippen LogP contribution in [0.1, 0.15) is 5.56 Å². The number of aromatic nitrogens is 5. The highest BCUT2D eigenvalue weighted by atomic mass is 79.9. The molecule has 0 unspecified atom stereocenters. The van der Waals surface area contributed by atoms with E-state index < -0.39 is 0 Å². The lowest BCUT2D eigenvalue weighted by Crippen LogP contribution is -2.04. The van der Waals surface area contributed by atoms with Crippen LogP contribution in [0.15, 0.2) is 66.0 Å². The third-order valence-electron chi connectivity index (χ3n) is 3.64. The van der Waals surface area contributed by atoms with Crippen LogP contribution < -0.4 is 5.32 Å². The van der Waals surface area contributed by atoms with E-state index in [1.54, 1.807) is 31.0 Å². The molecule has 0 atom stereocenters. The summed E-state index contributed by atoms with van der Waals surface area (Å²) in [7, 11) is 0. The van der Waals surface area contributed by atoms with Crippen LogP contribution in [0.3, 0.4) is 0 Å². The van der Waals surface area contributed by atoms with Gasteiger partial charge in [0.15, 0.2) is 5.65 Å². The molecule has 0 saturated carbocycles. The second kappa shape index (κ2) is 6.37. The van der Waals surface area contributed by atoms with Crippen molar-refractivity contribution < 1.29 is 0 Å². The maximum absolute atomic E-state index is 4.71. The molecule has 24 heavy (non-hydrogen) atoms. The van der Waals surface area contributed by atoms with E-state index in [0.717, 1.165) is 32.8 Å². The number of pyridine rings is 2. The molecule has 4 heterocycles. The van der Waals surface area contributed by atoms with E-state index in [0.29, 0.717) is 6.54 Å². The Bertz CT molecular complexity index is 983. The quantitative estimate of drug-likeness (QED) is 0.586. The summed E-state index contributed by atoms with van der Waals surface area (Å²) in [5, 5.41) is 3.46. The van der Waals surface area contributed by atoms with Crippen LogP contribution >= 0.6 is 15.9 Å². The summed E-state index contributed by atoms with van der Waals surface area (Å²) in [6.07, 6.45) is 12.5.